The minimum atomic E-state index is -1.13. The van der Waals surface area contributed by atoms with E-state index in [0.29, 0.717) is 5.56 Å². The molecule has 5 nitrogen and oxygen atoms in total. The van der Waals surface area contributed by atoms with Crippen molar-refractivity contribution < 1.29 is 19.8 Å². The maximum Gasteiger partial charge on any atom is 0.326 e. The van der Waals surface area contributed by atoms with Crippen molar-refractivity contribution in [2.75, 3.05) is 0 Å². The van der Waals surface area contributed by atoms with Crippen LogP contribution in [0.2, 0.25) is 5.02 Å². The van der Waals surface area contributed by atoms with E-state index in [1.54, 1.807) is 60.7 Å². The van der Waals surface area contributed by atoms with E-state index in [1.165, 1.54) is 6.07 Å². The van der Waals surface area contributed by atoms with E-state index in [-0.39, 0.29) is 22.8 Å². The summed E-state index contributed by atoms with van der Waals surface area (Å²) in [6.07, 6.45) is 0.118. The zero-order valence-electron chi connectivity index (χ0n) is 14.8. The molecule has 3 N–H and O–H groups in total. The minimum absolute atomic E-state index is 0.118. The number of phenols is 1. The lowest BCUT2D eigenvalue weighted by Crippen LogP contribution is -2.42. The molecule has 0 saturated carbocycles. The van der Waals surface area contributed by atoms with Crippen LogP contribution in [0.4, 0.5) is 0 Å². The Morgan fingerprint density at radius 2 is 1.57 bits per heavy atom. The second-order valence-electron chi connectivity index (χ2n) is 6.26. The van der Waals surface area contributed by atoms with Crippen LogP contribution in [0.3, 0.4) is 0 Å². The largest absolute Gasteiger partial charge is 0.507 e. The molecule has 3 rings (SSSR count). The maximum absolute atomic E-state index is 12.4. The van der Waals surface area contributed by atoms with Crippen molar-refractivity contribution in [2.24, 2.45) is 0 Å². The highest BCUT2D eigenvalue weighted by Gasteiger charge is 2.22. The molecule has 0 aliphatic heterocycles. The molecular formula is C22H18ClNO4. The Morgan fingerprint density at radius 3 is 2.21 bits per heavy atom. The van der Waals surface area contributed by atoms with Gasteiger partial charge in [-0.05, 0) is 29.3 Å². The second-order valence-corrected chi connectivity index (χ2v) is 6.67. The molecule has 0 spiro atoms. The standard InChI is InChI=1S/C22H18ClNO4/c23-18-7-3-1-6-17(18)21(26)24-19(22(27)28)13-14-9-11-15(12-10-14)16-5-2-4-8-20(16)25/h1-12,19,25H,13H2,(H,24,26)(H,27,28). The average Bonchev–Trinajstić information content (AvgIpc) is 2.68. The topological polar surface area (TPSA) is 86.6 Å². The van der Waals surface area contributed by atoms with Crippen LogP contribution in [0, 0.1) is 0 Å². The molecule has 1 unspecified atom stereocenters. The number of rotatable bonds is 6. The molecular weight excluding hydrogens is 378 g/mol. The molecule has 0 heterocycles. The summed E-state index contributed by atoms with van der Waals surface area (Å²) in [5.41, 5.74) is 2.47. The van der Waals surface area contributed by atoms with Crippen molar-refractivity contribution in [3.8, 4) is 16.9 Å². The van der Waals surface area contributed by atoms with Gasteiger partial charge in [0.05, 0.1) is 10.6 Å². The van der Waals surface area contributed by atoms with Gasteiger partial charge in [-0.25, -0.2) is 4.79 Å². The molecule has 0 aliphatic rings. The van der Waals surface area contributed by atoms with Crippen molar-refractivity contribution in [3.63, 3.8) is 0 Å². The number of carboxylic acids is 1. The van der Waals surface area contributed by atoms with E-state index in [0.717, 1.165) is 11.1 Å². The summed E-state index contributed by atoms with van der Waals surface area (Å²) in [6.45, 7) is 0. The molecule has 0 saturated heterocycles. The number of para-hydroxylation sites is 1. The molecule has 0 fully saturated rings. The van der Waals surface area contributed by atoms with Crippen LogP contribution in [0.5, 0.6) is 5.75 Å². The molecule has 1 amide bonds. The van der Waals surface area contributed by atoms with Gasteiger partial charge < -0.3 is 15.5 Å². The number of carbonyl (C=O) groups is 2. The number of benzene rings is 3. The van der Waals surface area contributed by atoms with Crippen molar-refractivity contribution in [2.45, 2.75) is 12.5 Å². The molecule has 3 aromatic carbocycles. The summed E-state index contributed by atoms with van der Waals surface area (Å²) < 4.78 is 0. The van der Waals surface area contributed by atoms with Crippen LogP contribution in [-0.2, 0) is 11.2 Å². The predicted octanol–water partition coefficient (Wildman–Crippen LogP) is 4.14. The van der Waals surface area contributed by atoms with Crippen LogP contribution >= 0.6 is 11.6 Å². The number of halogens is 1. The highest BCUT2D eigenvalue weighted by Crippen LogP contribution is 2.28. The highest BCUT2D eigenvalue weighted by molar-refractivity contribution is 6.33. The number of amides is 1. The molecule has 28 heavy (non-hydrogen) atoms. The van der Waals surface area contributed by atoms with Crippen LogP contribution < -0.4 is 5.32 Å². The quantitative estimate of drug-likeness (QED) is 0.585. The molecule has 142 valence electrons. The lowest BCUT2D eigenvalue weighted by molar-refractivity contribution is -0.139. The average molecular weight is 396 g/mol. The molecule has 0 radical (unpaired) electrons. The van der Waals surface area contributed by atoms with E-state index in [4.69, 9.17) is 11.6 Å². The highest BCUT2D eigenvalue weighted by atomic mass is 35.5. The Balaban J connectivity index is 1.74. The summed E-state index contributed by atoms with van der Waals surface area (Å²) in [6, 6.07) is 19.5. The summed E-state index contributed by atoms with van der Waals surface area (Å²) in [4.78, 5) is 24.0. The summed E-state index contributed by atoms with van der Waals surface area (Å²) >= 11 is 6.00. The number of aliphatic carboxylic acids is 1. The lowest BCUT2D eigenvalue weighted by Gasteiger charge is -2.15. The van der Waals surface area contributed by atoms with Gasteiger partial charge in [-0.1, -0.05) is 66.2 Å². The van der Waals surface area contributed by atoms with Crippen LogP contribution in [0.25, 0.3) is 11.1 Å². The van der Waals surface area contributed by atoms with Gasteiger partial charge >= 0.3 is 5.97 Å². The van der Waals surface area contributed by atoms with Gasteiger partial charge in [-0.15, -0.1) is 0 Å². The van der Waals surface area contributed by atoms with Crippen molar-refractivity contribution >= 4 is 23.5 Å². The molecule has 6 heteroatoms. The van der Waals surface area contributed by atoms with Gasteiger partial charge in [0.1, 0.15) is 11.8 Å². The van der Waals surface area contributed by atoms with Crippen LogP contribution in [0.1, 0.15) is 15.9 Å². The maximum atomic E-state index is 12.4. The lowest BCUT2D eigenvalue weighted by atomic mass is 10.00. The van der Waals surface area contributed by atoms with Crippen molar-refractivity contribution in [1.82, 2.24) is 5.32 Å². The van der Waals surface area contributed by atoms with Crippen LogP contribution in [0.15, 0.2) is 72.8 Å². The van der Waals surface area contributed by atoms with E-state index in [2.05, 4.69) is 5.32 Å². The number of carbonyl (C=O) groups excluding carboxylic acids is 1. The molecule has 0 aliphatic carbocycles. The van der Waals surface area contributed by atoms with Gasteiger partial charge in [0.2, 0.25) is 0 Å². The summed E-state index contributed by atoms with van der Waals surface area (Å²) in [5.74, 6) is -1.50. The molecule has 0 aromatic heterocycles. The van der Waals surface area contributed by atoms with Gasteiger partial charge in [0.15, 0.2) is 0 Å². The number of carboxylic acid groups (broad SMARTS) is 1. The third-order valence-corrected chi connectivity index (χ3v) is 4.66. The normalized spacial score (nSPS) is 11.6. The number of phenolic OH excluding ortho intramolecular Hbond substituents is 1. The first kappa shape index (κ1) is 19.5. The monoisotopic (exact) mass is 395 g/mol. The van der Waals surface area contributed by atoms with E-state index in [9.17, 15) is 19.8 Å². The van der Waals surface area contributed by atoms with E-state index >= 15 is 0 Å². The Kier molecular flexibility index (Phi) is 5.96. The van der Waals surface area contributed by atoms with Crippen LogP contribution in [-0.4, -0.2) is 28.1 Å². The first-order valence-corrected chi connectivity index (χ1v) is 8.99. The summed E-state index contributed by atoms with van der Waals surface area (Å²) in [7, 11) is 0. The fourth-order valence-electron chi connectivity index (χ4n) is 2.86. The molecule has 1 atom stereocenters. The van der Waals surface area contributed by atoms with Gasteiger partial charge in [0, 0.05) is 12.0 Å². The van der Waals surface area contributed by atoms with Gasteiger partial charge in [0.25, 0.3) is 5.91 Å². The number of hydrogen-bond donors (Lipinski definition) is 3. The molecule has 0 bridgehead atoms. The smallest absolute Gasteiger partial charge is 0.326 e. The fourth-order valence-corrected chi connectivity index (χ4v) is 3.08. The first-order valence-electron chi connectivity index (χ1n) is 8.61. The SMILES string of the molecule is O=C(NC(Cc1ccc(-c2ccccc2O)cc1)C(=O)O)c1ccccc1Cl. The number of hydrogen-bond acceptors (Lipinski definition) is 3. The Morgan fingerprint density at radius 1 is 0.929 bits per heavy atom. The third kappa shape index (κ3) is 4.50. The van der Waals surface area contributed by atoms with Gasteiger partial charge in [-0.2, -0.15) is 0 Å². The Hall–Kier alpha value is -3.31. The molecule has 3 aromatic rings. The van der Waals surface area contributed by atoms with Gasteiger partial charge in [-0.3, -0.25) is 4.79 Å². The van der Waals surface area contributed by atoms with Crippen molar-refractivity contribution in [3.05, 3.63) is 88.9 Å². The zero-order valence-corrected chi connectivity index (χ0v) is 15.6. The van der Waals surface area contributed by atoms with E-state index < -0.39 is 17.9 Å². The zero-order chi connectivity index (χ0) is 20.1. The number of aromatic hydroxyl groups is 1. The second kappa shape index (κ2) is 8.59. The predicted molar refractivity (Wildman–Crippen MR) is 108 cm³/mol. The minimum Gasteiger partial charge on any atom is -0.507 e. The summed E-state index contributed by atoms with van der Waals surface area (Å²) in [5, 5.41) is 22.2. The Bertz CT molecular complexity index is 1000. The van der Waals surface area contributed by atoms with Crippen molar-refractivity contribution in [1.29, 1.82) is 0 Å². The number of nitrogens with one attached hydrogen (secondary N) is 1. The third-order valence-electron chi connectivity index (χ3n) is 4.33. The first-order chi connectivity index (χ1) is 13.5. The fraction of sp³-hybridized carbons (Fsp3) is 0.0909. The Labute approximate surface area is 167 Å². The van der Waals surface area contributed by atoms with E-state index in [1.807, 2.05) is 6.07 Å².